The number of hydrogen-bond acceptors (Lipinski definition) is 3. The van der Waals surface area contributed by atoms with Crippen molar-refractivity contribution in [2.75, 3.05) is 13.1 Å². The van der Waals surface area contributed by atoms with Gasteiger partial charge in [0.05, 0.1) is 14.9 Å². The first-order valence-corrected chi connectivity index (χ1v) is 9.53. The molecule has 0 amide bonds. The second kappa shape index (κ2) is 6.91. The second-order valence-electron chi connectivity index (χ2n) is 6.85. The third-order valence-corrected chi connectivity index (χ3v) is 6.36. The molecule has 0 radical (unpaired) electrons. The number of halogens is 1. The molecule has 4 heteroatoms. The van der Waals surface area contributed by atoms with Gasteiger partial charge in [-0.1, -0.05) is 48.6 Å². The second-order valence-corrected chi connectivity index (χ2v) is 7.91. The van der Waals surface area contributed by atoms with E-state index in [1.54, 1.807) is 0 Å². The quantitative estimate of drug-likeness (QED) is 0.825. The number of rotatable bonds is 3. The summed E-state index contributed by atoms with van der Waals surface area (Å²) in [7, 11) is 0. The number of fused-ring (bicyclic) bond motifs is 2. The molecule has 0 spiro atoms. The van der Waals surface area contributed by atoms with Gasteiger partial charge in [-0.15, -0.1) is 23.7 Å². The van der Waals surface area contributed by atoms with Crippen LogP contribution in [0.3, 0.4) is 0 Å². The highest BCUT2D eigenvalue weighted by atomic mass is 35.5. The fraction of sp³-hybridized carbons (Fsp3) is 0.286. The molecule has 1 atom stereocenters. The zero-order valence-corrected chi connectivity index (χ0v) is 15.7. The smallest absolute Gasteiger partial charge is 0.0982 e. The lowest BCUT2D eigenvalue weighted by atomic mass is 10.0. The van der Waals surface area contributed by atoms with Crippen molar-refractivity contribution in [2.24, 2.45) is 0 Å². The van der Waals surface area contributed by atoms with E-state index < -0.39 is 0 Å². The Morgan fingerprint density at radius 2 is 2.08 bits per heavy atom. The standard InChI is InChI=1S/C21H20N2S.ClH/c1-2-6-15(7-3-1)13-23-11-10-17(14-23)21-22-20-18-9-5-4-8-16(18)12-19(20)24-21;/h1-8,12,17H,9-11,13-14H2;1H. The average molecular weight is 369 g/mol. The van der Waals surface area contributed by atoms with Crippen molar-refractivity contribution in [3.8, 4) is 0 Å². The van der Waals surface area contributed by atoms with Crippen molar-refractivity contribution in [1.29, 1.82) is 0 Å². The van der Waals surface area contributed by atoms with E-state index in [2.05, 4.69) is 59.5 Å². The Hall–Kier alpha value is -1.68. The highest BCUT2D eigenvalue weighted by Gasteiger charge is 2.27. The Morgan fingerprint density at radius 3 is 2.96 bits per heavy atom. The highest BCUT2D eigenvalue weighted by Crippen LogP contribution is 2.29. The number of nitrogens with zero attached hydrogens (tertiary/aromatic N) is 2. The molecule has 2 heterocycles. The average Bonchev–Trinajstić information content (AvgIpc) is 3.29. The van der Waals surface area contributed by atoms with Crippen LogP contribution in [-0.4, -0.2) is 23.0 Å². The van der Waals surface area contributed by atoms with Crippen molar-refractivity contribution in [3.05, 3.63) is 74.6 Å². The van der Waals surface area contributed by atoms with Gasteiger partial charge in [-0.05, 0) is 42.2 Å². The van der Waals surface area contributed by atoms with E-state index in [0.717, 1.165) is 19.5 Å². The summed E-state index contributed by atoms with van der Waals surface area (Å²) in [4.78, 5) is 7.61. The number of aromatic nitrogens is 1. The fourth-order valence-electron chi connectivity index (χ4n) is 3.94. The number of hydrogen-bond donors (Lipinski definition) is 0. The molecule has 2 aliphatic carbocycles. The predicted molar refractivity (Wildman–Crippen MR) is 107 cm³/mol. The molecule has 1 aromatic carbocycles. The van der Waals surface area contributed by atoms with E-state index in [9.17, 15) is 0 Å². The third kappa shape index (κ3) is 3.12. The summed E-state index contributed by atoms with van der Waals surface area (Å²) in [5.74, 6) is 0.602. The molecule has 2 aromatic rings. The van der Waals surface area contributed by atoms with Crippen LogP contribution in [0.4, 0.5) is 0 Å². The van der Waals surface area contributed by atoms with E-state index in [-0.39, 0.29) is 12.4 Å². The van der Waals surface area contributed by atoms with E-state index in [0.29, 0.717) is 5.92 Å². The summed E-state index contributed by atoms with van der Waals surface area (Å²) in [5, 5.41) is 2.60. The lowest BCUT2D eigenvalue weighted by molar-refractivity contribution is 0.327. The zero-order chi connectivity index (χ0) is 15.9. The van der Waals surface area contributed by atoms with Crippen LogP contribution in [-0.2, 0) is 6.54 Å². The zero-order valence-electron chi connectivity index (χ0n) is 14.0. The van der Waals surface area contributed by atoms with Crippen LogP contribution in [0.2, 0.25) is 0 Å². The Kier molecular flexibility index (Phi) is 4.63. The van der Waals surface area contributed by atoms with Gasteiger partial charge in [-0.25, -0.2) is 4.98 Å². The molecular formula is C21H21ClN2S. The first kappa shape index (κ1) is 16.8. The first-order valence-electron chi connectivity index (χ1n) is 8.72. The lowest BCUT2D eigenvalue weighted by Crippen LogP contribution is -2.20. The molecule has 128 valence electrons. The van der Waals surface area contributed by atoms with Crippen molar-refractivity contribution in [3.63, 3.8) is 0 Å². The monoisotopic (exact) mass is 368 g/mol. The van der Waals surface area contributed by atoms with E-state index >= 15 is 0 Å². The van der Waals surface area contributed by atoms with Crippen molar-refractivity contribution < 1.29 is 0 Å². The summed E-state index contributed by atoms with van der Waals surface area (Å²) < 4.78 is 1.37. The fourth-order valence-corrected chi connectivity index (χ4v) is 5.12. The summed E-state index contributed by atoms with van der Waals surface area (Å²) in [5.41, 5.74) is 4.21. The molecule has 0 bridgehead atoms. The van der Waals surface area contributed by atoms with Crippen LogP contribution in [0.1, 0.15) is 29.3 Å². The maximum Gasteiger partial charge on any atom is 0.0982 e. The van der Waals surface area contributed by atoms with E-state index in [1.807, 2.05) is 11.3 Å². The van der Waals surface area contributed by atoms with Crippen LogP contribution in [0.5, 0.6) is 0 Å². The van der Waals surface area contributed by atoms with Crippen molar-refractivity contribution in [2.45, 2.75) is 25.3 Å². The minimum atomic E-state index is 0. The molecule has 3 aliphatic rings. The highest BCUT2D eigenvalue weighted by molar-refractivity contribution is 7.09. The largest absolute Gasteiger partial charge is 0.298 e. The molecule has 1 unspecified atom stereocenters. The number of likely N-dealkylation sites (tertiary alicyclic amines) is 1. The van der Waals surface area contributed by atoms with Crippen LogP contribution in [0.25, 0.3) is 11.6 Å². The molecule has 25 heavy (non-hydrogen) atoms. The third-order valence-electron chi connectivity index (χ3n) is 5.20. The number of benzene rings is 1. The van der Waals surface area contributed by atoms with Crippen LogP contribution >= 0.6 is 23.7 Å². The number of thiazole rings is 1. The van der Waals surface area contributed by atoms with E-state index in [4.69, 9.17) is 4.98 Å². The topological polar surface area (TPSA) is 16.1 Å². The summed E-state index contributed by atoms with van der Waals surface area (Å²) >= 11 is 1.91. The Bertz CT molecular complexity index is 956. The molecule has 2 nitrogen and oxygen atoms in total. The van der Waals surface area contributed by atoms with Gasteiger partial charge < -0.3 is 0 Å². The van der Waals surface area contributed by atoms with Gasteiger partial charge >= 0.3 is 0 Å². The summed E-state index contributed by atoms with van der Waals surface area (Å²) in [6.45, 7) is 3.38. The van der Waals surface area contributed by atoms with Gasteiger partial charge in [0.1, 0.15) is 0 Å². The van der Waals surface area contributed by atoms with Gasteiger partial charge in [-0.2, -0.15) is 0 Å². The van der Waals surface area contributed by atoms with Crippen LogP contribution < -0.4 is 9.88 Å². The molecule has 1 aliphatic heterocycles. The first-order chi connectivity index (χ1) is 11.9. The normalized spacial score (nSPS) is 21.4. The van der Waals surface area contributed by atoms with Gasteiger partial charge in [0, 0.05) is 19.0 Å². The van der Waals surface area contributed by atoms with Gasteiger partial charge in [-0.3, -0.25) is 4.90 Å². The molecule has 5 rings (SSSR count). The minimum Gasteiger partial charge on any atom is -0.298 e. The molecule has 1 fully saturated rings. The molecule has 0 N–H and O–H groups in total. The Balaban J connectivity index is 0.00000157. The molecule has 0 saturated carbocycles. The predicted octanol–water partition coefficient (Wildman–Crippen LogP) is 3.39. The Labute approximate surface area is 158 Å². The van der Waals surface area contributed by atoms with Crippen molar-refractivity contribution in [1.82, 2.24) is 9.88 Å². The minimum absolute atomic E-state index is 0. The van der Waals surface area contributed by atoms with Crippen LogP contribution in [0, 0.1) is 0 Å². The SMILES string of the molecule is C1=CCC2=c3nc(C4CCN(Cc5ccccc5)C4)sc3=CC2=C1.Cl. The van der Waals surface area contributed by atoms with Gasteiger partial charge in [0.25, 0.3) is 0 Å². The van der Waals surface area contributed by atoms with Crippen LogP contribution in [0.15, 0.2) is 54.1 Å². The van der Waals surface area contributed by atoms with Gasteiger partial charge in [0.2, 0.25) is 0 Å². The number of allylic oxidation sites excluding steroid dienone is 4. The summed E-state index contributed by atoms with van der Waals surface area (Å²) in [6.07, 6.45) is 11.2. The van der Waals surface area contributed by atoms with Gasteiger partial charge in [0.15, 0.2) is 0 Å². The van der Waals surface area contributed by atoms with Crippen molar-refractivity contribution >= 4 is 35.4 Å². The maximum atomic E-state index is 5.05. The maximum absolute atomic E-state index is 5.05. The lowest BCUT2D eigenvalue weighted by Gasteiger charge is -2.15. The summed E-state index contributed by atoms with van der Waals surface area (Å²) in [6, 6.07) is 10.8. The molecular weight excluding hydrogens is 348 g/mol. The Morgan fingerprint density at radius 1 is 1.20 bits per heavy atom. The molecule has 1 saturated heterocycles. The van der Waals surface area contributed by atoms with E-state index in [1.165, 1.54) is 44.6 Å². The molecule has 1 aromatic heterocycles.